The summed E-state index contributed by atoms with van der Waals surface area (Å²) in [6.45, 7) is 3.05. The zero-order chi connectivity index (χ0) is 23.8. The number of para-hydroxylation sites is 2. The fourth-order valence-corrected chi connectivity index (χ4v) is 5.16. The summed E-state index contributed by atoms with van der Waals surface area (Å²) in [6.07, 6.45) is 1.09. The smallest absolute Gasteiger partial charge is 0.309 e. The molecule has 0 aliphatic carbocycles. The van der Waals surface area contributed by atoms with E-state index >= 15 is 0 Å². The van der Waals surface area contributed by atoms with Gasteiger partial charge in [0, 0.05) is 33.3 Å². The standard InChI is InChI=1S/C23H27N3O6S/c1-4-31-23(28)15-9-11-26(12-10-15)18-14-20-16(13-21(18)33(29,30)25(2)3)22(27)24-17-7-5-6-8-19(17)32-20/h5-8,13-15H,4,9-12H2,1-3H3,(H,24,27). The average molecular weight is 474 g/mol. The van der Waals surface area contributed by atoms with Crippen LogP contribution in [0.5, 0.6) is 11.5 Å². The number of amides is 1. The van der Waals surface area contributed by atoms with Gasteiger partial charge in [0.2, 0.25) is 10.0 Å². The molecule has 9 nitrogen and oxygen atoms in total. The van der Waals surface area contributed by atoms with Crippen LogP contribution in [-0.2, 0) is 19.6 Å². The van der Waals surface area contributed by atoms with E-state index in [0.717, 1.165) is 4.31 Å². The van der Waals surface area contributed by atoms with E-state index in [2.05, 4.69) is 5.32 Å². The van der Waals surface area contributed by atoms with E-state index in [0.29, 0.717) is 49.7 Å². The highest BCUT2D eigenvalue weighted by atomic mass is 32.2. The molecule has 4 rings (SSSR count). The molecule has 2 aromatic carbocycles. The molecular weight excluding hydrogens is 446 g/mol. The number of nitrogens with zero attached hydrogens (tertiary/aromatic N) is 2. The van der Waals surface area contributed by atoms with Gasteiger partial charge < -0.3 is 19.7 Å². The quantitative estimate of drug-likeness (QED) is 0.666. The van der Waals surface area contributed by atoms with Gasteiger partial charge in [-0.05, 0) is 38.0 Å². The SMILES string of the molecule is CCOC(=O)C1CCN(c2cc3c(cc2S(=O)(=O)N(C)C)C(=O)Nc2ccccc2O3)CC1. The second-order valence-corrected chi connectivity index (χ2v) is 10.3. The van der Waals surface area contributed by atoms with Crippen LogP contribution in [-0.4, -0.2) is 58.4 Å². The lowest BCUT2D eigenvalue weighted by atomic mass is 9.96. The lowest BCUT2D eigenvalue weighted by molar-refractivity contribution is -0.148. The Morgan fingerprint density at radius 1 is 1.18 bits per heavy atom. The van der Waals surface area contributed by atoms with Crippen molar-refractivity contribution < 1.29 is 27.5 Å². The summed E-state index contributed by atoms with van der Waals surface area (Å²) in [5.41, 5.74) is 1.08. The highest BCUT2D eigenvalue weighted by molar-refractivity contribution is 7.89. The minimum absolute atomic E-state index is 0.0190. The van der Waals surface area contributed by atoms with Gasteiger partial charge in [-0.3, -0.25) is 9.59 Å². The molecule has 0 bridgehead atoms. The molecule has 0 atom stereocenters. The van der Waals surface area contributed by atoms with Crippen molar-refractivity contribution in [3.05, 3.63) is 42.0 Å². The summed E-state index contributed by atoms with van der Waals surface area (Å²) in [7, 11) is -0.970. The van der Waals surface area contributed by atoms with Crippen molar-refractivity contribution in [2.24, 2.45) is 5.92 Å². The van der Waals surface area contributed by atoms with E-state index in [1.54, 1.807) is 37.3 Å². The van der Waals surface area contributed by atoms with Crippen molar-refractivity contribution >= 4 is 33.3 Å². The van der Waals surface area contributed by atoms with Crippen molar-refractivity contribution in [1.82, 2.24) is 4.31 Å². The number of ether oxygens (including phenoxy) is 2. The number of carbonyl (C=O) groups is 2. The molecule has 2 aromatic rings. The van der Waals surface area contributed by atoms with Crippen molar-refractivity contribution in [2.45, 2.75) is 24.7 Å². The molecule has 33 heavy (non-hydrogen) atoms. The first-order chi connectivity index (χ1) is 15.7. The fourth-order valence-electron chi connectivity index (χ4n) is 4.04. The number of nitrogens with one attached hydrogen (secondary N) is 1. The van der Waals surface area contributed by atoms with Crippen LogP contribution in [0.4, 0.5) is 11.4 Å². The van der Waals surface area contributed by atoms with Gasteiger partial charge in [0.1, 0.15) is 10.6 Å². The molecule has 0 saturated carbocycles. The van der Waals surface area contributed by atoms with Crippen molar-refractivity contribution in [2.75, 3.05) is 44.0 Å². The molecular formula is C23H27N3O6S. The third kappa shape index (κ3) is 4.40. The number of hydrogen-bond acceptors (Lipinski definition) is 7. The lowest BCUT2D eigenvalue weighted by Crippen LogP contribution is -2.38. The molecule has 176 valence electrons. The molecule has 1 N–H and O–H groups in total. The highest BCUT2D eigenvalue weighted by Gasteiger charge is 2.33. The third-order valence-corrected chi connectivity index (χ3v) is 7.72. The molecule has 0 aromatic heterocycles. The Labute approximate surface area is 193 Å². The Balaban J connectivity index is 1.76. The van der Waals surface area contributed by atoms with E-state index < -0.39 is 15.9 Å². The van der Waals surface area contributed by atoms with E-state index in [-0.39, 0.29) is 28.1 Å². The first-order valence-corrected chi connectivity index (χ1v) is 12.3. The number of carbonyl (C=O) groups excluding carboxylic acids is 2. The van der Waals surface area contributed by atoms with Gasteiger partial charge in [-0.2, -0.15) is 0 Å². The minimum Gasteiger partial charge on any atom is -0.466 e. The minimum atomic E-state index is -3.87. The van der Waals surface area contributed by atoms with Gasteiger partial charge in [-0.15, -0.1) is 0 Å². The summed E-state index contributed by atoms with van der Waals surface area (Å²) >= 11 is 0. The van der Waals surface area contributed by atoms with E-state index in [9.17, 15) is 18.0 Å². The fraction of sp³-hybridized carbons (Fsp3) is 0.391. The van der Waals surface area contributed by atoms with Crippen LogP contribution in [0, 0.1) is 5.92 Å². The van der Waals surface area contributed by atoms with E-state index in [1.807, 2.05) is 4.90 Å². The third-order valence-electron chi connectivity index (χ3n) is 5.88. The number of fused-ring (bicyclic) bond motifs is 2. The Morgan fingerprint density at radius 2 is 1.88 bits per heavy atom. The predicted octanol–water partition coefficient (Wildman–Crippen LogP) is 3.07. The normalized spacial score (nSPS) is 16.4. The summed E-state index contributed by atoms with van der Waals surface area (Å²) in [4.78, 5) is 27.0. The Kier molecular flexibility index (Phi) is 6.31. The van der Waals surface area contributed by atoms with E-state index in [1.165, 1.54) is 20.2 Å². The summed E-state index contributed by atoms with van der Waals surface area (Å²) in [6, 6.07) is 10.0. The zero-order valence-corrected chi connectivity index (χ0v) is 19.6. The molecule has 2 aliphatic rings. The van der Waals surface area contributed by atoms with Crippen molar-refractivity contribution in [3.63, 3.8) is 0 Å². The molecule has 0 unspecified atom stereocenters. The second kappa shape index (κ2) is 9.03. The zero-order valence-electron chi connectivity index (χ0n) is 18.8. The summed E-state index contributed by atoms with van der Waals surface area (Å²) in [5.74, 6) is -0.142. The molecule has 1 amide bonds. The van der Waals surface area contributed by atoms with Crippen LogP contribution >= 0.6 is 0 Å². The largest absolute Gasteiger partial charge is 0.466 e. The van der Waals surface area contributed by atoms with Gasteiger partial charge in [-0.1, -0.05) is 12.1 Å². The lowest BCUT2D eigenvalue weighted by Gasteiger charge is -2.34. The molecule has 1 fully saturated rings. The maximum Gasteiger partial charge on any atom is 0.309 e. The monoisotopic (exact) mass is 473 g/mol. The van der Waals surface area contributed by atoms with Crippen LogP contribution in [0.25, 0.3) is 0 Å². The van der Waals surface area contributed by atoms with Gasteiger partial charge >= 0.3 is 5.97 Å². The van der Waals surface area contributed by atoms with Gasteiger partial charge in [-0.25, -0.2) is 12.7 Å². The predicted molar refractivity (Wildman–Crippen MR) is 123 cm³/mol. The number of piperidine rings is 1. The number of hydrogen-bond donors (Lipinski definition) is 1. The van der Waals surface area contributed by atoms with Crippen LogP contribution in [0.2, 0.25) is 0 Å². The highest BCUT2D eigenvalue weighted by Crippen LogP contribution is 2.41. The van der Waals surface area contributed by atoms with Crippen molar-refractivity contribution in [3.8, 4) is 11.5 Å². The van der Waals surface area contributed by atoms with E-state index in [4.69, 9.17) is 9.47 Å². The van der Waals surface area contributed by atoms with Gasteiger partial charge in [0.15, 0.2) is 5.75 Å². The first kappa shape index (κ1) is 23.1. The van der Waals surface area contributed by atoms with Crippen LogP contribution in [0.1, 0.15) is 30.1 Å². The maximum atomic E-state index is 13.2. The summed E-state index contributed by atoms with van der Waals surface area (Å²) in [5, 5.41) is 2.78. The Morgan fingerprint density at radius 3 is 2.55 bits per heavy atom. The van der Waals surface area contributed by atoms with Crippen LogP contribution in [0.15, 0.2) is 41.3 Å². The number of sulfonamides is 1. The number of esters is 1. The number of rotatable bonds is 5. The molecule has 2 heterocycles. The first-order valence-electron chi connectivity index (χ1n) is 10.8. The molecule has 2 aliphatic heterocycles. The molecule has 0 spiro atoms. The molecule has 1 saturated heterocycles. The van der Waals surface area contributed by atoms with Gasteiger partial charge in [0.05, 0.1) is 29.5 Å². The van der Waals surface area contributed by atoms with Crippen LogP contribution < -0.4 is 15.0 Å². The molecule has 0 radical (unpaired) electrons. The summed E-state index contributed by atoms with van der Waals surface area (Å²) < 4.78 is 38.7. The maximum absolute atomic E-state index is 13.2. The Hall–Kier alpha value is -3.11. The number of benzene rings is 2. The van der Waals surface area contributed by atoms with Crippen LogP contribution in [0.3, 0.4) is 0 Å². The van der Waals surface area contributed by atoms with Gasteiger partial charge in [0.25, 0.3) is 5.91 Å². The molecule has 10 heteroatoms. The second-order valence-electron chi connectivity index (χ2n) is 8.17. The van der Waals surface area contributed by atoms with Crippen molar-refractivity contribution in [1.29, 1.82) is 0 Å². The topological polar surface area (TPSA) is 105 Å². The number of anilines is 2. The Bertz CT molecular complexity index is 1190. The average Bonchev–Trinajstić information content (AvgIpc) is 2.93.